The first-order valence-electron chi connectivity index (χ1n) is 5.73. The fourth-order valence-corrected chi connectivity index (χ4v) is 1.55. The Hall–Kier alpha value is -0.900. The summed E-state index contributed by atoms with van der Waals surface area (Å²) in [6, 6.07) is 10.3. The lowest BCUT2D eigenvalue weighted by Crippen LogP contribution is -2.32. The van der Waals surface area contributed by atoms with Crippen molar-refractivity contribution >= 4 is 0 Å². The molecule has 2 N–H and O–H groups in total. The van der Waals surface area contributed by atoms with Gasteiger partial charge in [-0.15, -0.1) is 0 Å². The second-order valence-corrected chi connectivity index (χ2v) is 3.89. The van der Waals surface area contributed by atoms with Gasteiger partial charge in [0.05, 0.1) is 18.8 Å². The number of aliphatic hydroxyl groups is 1. The Morgan fingerprint density at radius 3 is 2.56 bits per heavy atom. The molecule has 2 atom stereocenters. The summed E-state index contributed by atoms with van der Waals surface area (Å²) in [4.78, 5) is 0. The molecule has 0 aliphatic heterocycles. The molecule has 90 valence electrons. The van der Waals surface area contributed by atoms with Gasteiger partial charge in [0.2, 0.25) is 0 Å². The van der Waals surface area contributed by atoms with Gasteiger partial charge in [-0.05, 0) is 12.0 Å². The van der Waals surface area contributed by atoms with Crippen LogP contribution in [0.5, 0.6) is 0 Å². The molecular weight excluding hydrogens is 202 g/mol. The molecule has 0 aromatic heterocycles. The van der Waals surface area contributed by atoms with Crippen LogP contribution in [0.4, 0.5) is 0 Å². The van der Waals surface area contributed by atoms with Crippen molar-refractivity contribution in [2.24, 2.45) is 0 Å². The van der Waals surface area contributed by atoms with E-state index in [-0.39, 0.29) is 12.1 Å². The van der Waals surface area contributed by atoms with Gasteiger partial charge in [0, 0.05) is 13.7 Å². The van der Waals surface area contributed by atoms with Gasteiger partial charge < -0.3 is 15.2 Å². The van der Waals surface area contributed by atoms with Crippen molar-refractivity contribution in [1.82, 2.24) is 5.32 Å². The molecule has 0 spiro atoms. The molecule has 0 bridgehead atoms. The van der Waals surface area contributed by atoms with Crippen LogP contribution < -0.4 is 5.32 Å². The van der Waals surface area contributed by atoms with Gasteiger partial charge in [-0.1, -0.05) is 37.3 Å². The van der Waals surface area contributed by atoms with Crippen LogP contribution >= 0.6 is 0 Å². The number of aliphatic hydroxyl groups excluding tert-OH is 1. The number of ether oxygens (including phenoxy) is 1. The number of benzene rings is 1. The fourth-order valence-electron chi connectivity index (χ4n) is 1.55. The number of methoxy groups -OCH3 is 1. The third-order valence-corrected chi connectivity index (χ3v) is 2.61. The molecule has 3 nitrogen and oxygen atoms in total. The molecule has 16 heavy (non-hydrogen) atoms. The molecule has 1 aromatic rings. The third kappa shape index (κ3) is 4.31. The summed E-state index contributed by atoms with van der Waals surface area (Å²) in [7, 11) is 1.69. The van der Waals surface area contributed by atoms with Crippen LogP contribution in [0.3, 0.4) is 0 Å². The summed E-state index contributed by atoms with van der Waals surface area (Å²) >= 11 is 0. The van der Waals surface area contributed by atoms with E-state index in [9.17, 15) is 5.11 Å². The maximum Gasteiger partial charge on any atom is 0.0662 e. The Morgan fingerprint density at radius 2 is 2.00 bits per heavy atom. The molecule has 0 fully saturated rings. The van der Waals surface area contributed by atoms with Crippen LogP contribution in [0.15, 0.2) is 30.3 Å². The summed E-state index contributed by atoms with van der Waals surface area (Å²) in [6.45, 7) is 3.18. The molecule has 0 aliphatic rings. The van der Waals surface area contributed by atoms with Crippen molar-refractivity contribution in [3.8, 4) is 0 Å². The molecule has 0 heterocycles. The Morgan fingerprint density at radius 1 is 1.31 bits per heavy atom. The lowest BCUT2D eigenvalue weighted by atomic mass is 10.1. The van der Waals surface area contributed by atoms with Gasteiger partial charge in [0.1, 0.15) is 0 Å². The summed E-state index contributed by atoms with van der Waals surface area (Å²) in [5.41, 5.74) is 1.19. The lowest BCUT2D eigenvalue weighted by Gasteiger charge is -2.20. The second-order valence-electron chi connectivity index (χ2n) is 3.89. The molecule has 1 rings (SSSR count). The van der Waals surface area contributed by atoms with Crippen LogP contribution in [-0.4, -0.2) is 31.5 Å². The third-order valence-electron chi connectivity index (χ3n) is 2.61. The zero-order valence-corrected chi connectivity index (χ0v) is 10.0. The van der Waals surface area contributed by atoms with Crippen molar-refractivity contribution in [2.45, 2.75) is 25.5 Å². The van der Waals surface area contributed by atoms with Gasteiger partial charge in [-0.3, -0.25) is 0 Å². The van der Waals surface area contributed by atoms with E-state index in [1.807, 2.05) is 25.1 Å². The topological polar surface area (TPSA) is 41.5 Å². The van der Waals surface area contributed by atoms with E-state index in [4.69, 9.17) is 4.74 Å². The Labute approximate surface area is 97.4 Å². The number of hydrogen-bond acceptors (Lipinski definition) is 3. The van der Waals surface area contributed by atoms with E-state index in [0.717, 1.165) is 6.42 Å². The van der Waals surface area contributed by atoms with Crippen molar-refractivity contribution < 1.29 is 9.84 Å². The number of hydrogen-bond donors (Lipinski definition) is 2. The molecule has 0 saturated heterocycles. The smallest absolute Gasteiger partial charge is 0.0662 e. The zero-order chi connectivity index (χ0) is 11.8. The summed E-state index contributed by atoms with van der Waals surface area (Å²) in [6.07, 6.45) is 0.477. The first-order chi connectivity index (χ1) is 7.77. The van der Waals surface area contributed by atoms with Gasteiger partial charge in [0.25, 0.3) is 0 Å². The number of rotatable bonds is 7. The monoisotopic (exact) mass is 223 g/mol. The number of nitrogens with one attached hydrogen (secondary N) is 1. The highest BCUT2D eigenvalue weighted by Crippen LogP contribution is 2.12. The fraction of sp³-hybridized carbons (Fsp3) is 0.538. The van der Waals surface area contributed by atoms with E-state index in [1.54, 1.807) is 7.11 Å². The lowest BCUT2D eigenvalue weighted by molar-refractivity contribution is 0.136. The van der Waals surface area contributed by atoms with Crippen molar-refractivity contribution in [2.75, 3.05) is 20.3 Å². The summed E-state index contributed by atoms with van der Waals surface area (Å²) in [5.74, 6) is 0. The Balaban J connectivity index is 2.54. The average molecular weight is 223 g/mol. The van der Waals surface area contributed by atoms with Crippen LogP contribution in [-0.2, 0) is 4.74 Å². The quantitative estimate of drug-likeness (QED) is 0.739. The Bertz CT molecular complexity index is 277. The average Bonchev–Trinajstić information content (AvgIpc) is 2.35. The maximum atomic E-state index is 9.52. The first-order valence-corrected chi connectivity index (χ1v) is 5.73. The largest absolute Gasteiger partial charge is 0.392 e. The zero-order valence-electron chi connectivity index (χ0n) is 10.0. The Kier molecular flexibility index (Phi) is 6.08. The van der Waals surface area contributed by atoms with Gasteiger partial charge in [-0.25, -0.2) is 0 Å². The van der Waals surface area contributed by atoms with Crippen LogP contribution in [0, 0.1) is 0 Å². The predicted octanol–water partition coefficient (Wildman–Crippen LogP) is 1.73. The molecule has 0 aliphatic carbocycles. The molecule has 0 saturated carbocycles. The predicted molar refractivity (Wildman–Crippen MR) is 65.4 cm³/mol. The van der Waals surface area contributed by atoms with Crippen LogP contribution in [0.2, 0.25) is 0 Å². The molecular formula is C13H21NO2. The molecule has 3 heteroatoms. The van der Waals surface area contributed by atoms with Crippen molar-refractivity contribution in [3.63, 3.8) is 0 Å². The molecule has 1 unspecified atom stereocenters. The minimum absolute atomic E-state index is 0.146. The molecule has 0 radical (unpaired) electrons. The maximum absolute atomic E-state index is 9.52. The van der Waals surface area contributed by atoms with Gasteiger partial charge in [0.15, 0.2) is 0 Å². The second kappa shape index (κ2) is 7.39. The normalized spacial score (nSPS) is 14.7. The SMILES string of the molecule is CC[C@@H](O)CNC(COC)c1ccccc1. The van der Waals surface area contributed by atoms with Crippen LogP contribution in [0.25, 0.3) is 0 Å². The first kappa shape index (κ1) is 13.2. The minimum Gasteiger partial charge on any atom is -0.392 e. The van der Waals surface area contributed by atoms with E-state index in [0.29, 0.717) is 13.2 Å². The highest BCUT2D eigenvalue weighted by atomic mass is 16.5. The molecule has 1 aromatic carbocycles. The summed E-state index contributed by atoms with van der Waals surface area (Å²) < 4.78 is 5.18. The van der Waals surface area contributed by atoms with Crippen molar-refractivity contribution in [1.29, 1.82) is 0 Å². The summed E-state index contributed by atoms with van der Waals surface area (Å²) in [5, 5.41) is 12.8. The van der Waals surface area contributed by atoms with E-state index < -0.39 is 0 Å². The highest BCUT2D eigenvalue weighted by Gasteiger charge is 2.11. The van der Waals surface area contributed by atoms with Crippen molar-refractivity contribution in [3.05, 3.63) is 35.9 Å². The van der Waals surface area contributed by atoms with Gasteiger partial charge >= 0.3 is 0 Å². The minimum atomic E-state index is -0.289. The van der Waals surface area contributed by atoms with E-state index in [1.165, 1.54) is 5.56 Å². The molecule has 0 amide bonds. The highest BCUT2D eigenvalue weighted by molar-refractivity contribution is 5.18. The van der Waals surface area contributed by atoms with E-state index >= 15 is 0 Å². The van der Waals surface area contributed by atoms with E-state index in [2.05, 4.69) is 17.4 Å². The standard InChI is InChI=1S/C13H21NO2/c1-3-12(15)9-14-13(10-16-2)11-7-5-4-6-8-11/h4-8,12-15H,3,9-10H2,1-2H3/t12-,13?/m1/s1. The van der Waals surface area contributed by atoms with Crippen LogP contribution in [0.1, 0.15) is 24.9 Å². The van der Waals surface area contributed by atoms with Gasteiger partial charge in [-0.2, -0.15) is 0 Å².